The van der Waals surface area contributed by atoms with E-state index >= 15 is 0 Å². The van der Waals surface area contributed by atoms with Crippen molar-refractivity contribution in [3.05, 3.63) is 24.3 Å². The highest BCUT2D eigenvalue weighted by atomic mass is 16.6. The summed E-state index contributed by atoms with van der Waals surface area (Å²) in [6.07, 6.45) is -1.87. The molecule has 0 spiro atoms. The Morgan fingerprint density at radius 1 is 1.05 bits per heavy atom. The van der Waals surface area contributed by atoms with Crippen LogP contribution in [0.1, 0.15) is 13.8 Å². The van der Waals surface area contributed by atoms with E-state index in [1.54, 1.807) is 0 Å². The van der Waals surface area contributed by atoms with Gasteiger partial charge in [-0.25, -0.2) is 9.59 Å². The van der Waals surface area contributed by atoms with Crippen LogP contribution < -0.4 is 0 Å². The Morgan fingerprint density at radius 2 is 1.62 bits per heavy atom. The van der Waals surface area contributed by atoms with Crippen LogP contribution >= 0.6 is 0 Å². The van der Waals surface area contributed by atoms with Crippen LogP contribution in [-0.4, -0.2) is 60.8 Å². The third-order valence-corrected chi connectivity index (χ3v) is 2.20. The van der Waals surface area contributed by atoms with Crippen molar-refractivity contribution < 1.29 is 34.0 Å². The predicted molar refractivity (Wildman–Crippen MR) is 74.4 cm³/mol. The summed E-state index contributed by atoms with van der Waals surface area (Å²) in [7, 11) is 0. The molecule has 2 unspecified atom stereocenters. The molecule has 0 saturated heterocycles. The number of hydrogen-bond donors (Lipinski definition) is 2. The highest BCUT2D eigenvalue weighted by molar-refractivity contribution is 5.87. The fraction of sp³-hybridized carbons (Fsp3) is 0.571. The molecule has 0 aromatic heterocycles. The number of rotatable bonds is 10. The minimum atomic E-state index is -1.03. The van der Waals surface area contributed by atoms with Crippen molar-refractivity contribution in [3.8, 4) is 0 Å². The van der Waals surface area contributed by atoms with Gasteiger partial charge in [0.05, 0.1) is 19.8 Å². The number of aliphatic hydroxyl groups is 2. The zero-order chi connectivity index (χ0) is 16.4. The number of esters is 2. The fourth-order valence-corrected chi connectivity index (χ4v) is 1.05. The first kappa shape index (κ1) is 19.3. The van der Waals surface area contributed by atoms with E-state index < -0.39 is 30.8 Å². The number of ether oxygens (including phenoxy) is 3. The summed E-state index contributed by atoms with van der Waals surface area (Å²) in [4.78, 5) is 22.8. The largest absolute Gasteiger partial charge is 0.458 e. The zero-order valence-corrected chi connectivity index (χ0v) is 12.3. The van der Waals surface area contributed by atoms with E-state index in [1.165, 1.54) is 13.8 Å². The van der Waals surface area contributed by atoms with E-state index in [0.29, 0.717) is 0 Å². The molecule has 0 aromatic carbocycles. The lowest BCUT2D eigenvalue weighted by molar-refractivity contribution is -0.158. The SMILES string of the molecule is C=C(C)C(=O)OCC(COCC(O)CO)OC(=O)C(=C)C. The second kappa shape index (κ2) is 10.1. The molecule has 0 bridgehead atoms. The Balaban J connectivity index is 4.39. The third-order valence-electron chi connectivity index (χ3n) is 2.20. The summed E-state index contributed by atoms with van der Waals surface area (Å²) in [6, 6.07) is 0. The fourth-order valence-electron chi connectivity index (χ4n) is 1.05. The van der Waals surface area contributed by atoms with Gasteiger partial charge in [0.1, 0.15) is 12.7 Å². The Hall–Kier alpha value is -1.70. The summed E-state index contributed by atoms with van der Waals surface area (Å²) >= 11 is 0. The molecule has 120 valence electrons. The van der Waals surface area contributed by atoms with Gasteiger partial charge in [-0.1, -0.05) is 13.2 Å². The molecule has 7 nitrogen and oxygen atoms in total. The Kier molecular flexibility index (Phi) is 9.27. The van der Waals surface area contributed by atoms with Crippen molar-refractivity contribution in [1.29, 1.82) is 0 Å². The van der Waals surface area contributed by atoms with E-state index in [0.717, 1.165) is 0 Å². The van der Waals surface area contributed by atoms with Crippen LogP contribution in [0.3, 0.4) is 0 Å². The Labute approximate surface area is 123 Å². The van der Waals surface area contributed by atoms with Crippen molar-refractivity contribution in [3.63, 3.8) is 0 Å². The van der Waals surface area contributed by atoms with E-state index in [1.807, 2.05) is 0 Å². The average Bonchev–Trinajstić information content (AvgIpc) is 2.43. The highest BCUT2D eigenvalue weighted by Crippen LogP contribution is 2.03. The normalized spacial score (nSPS) is 13.1. The molecule has 0 heterocycles. The van der Waals surface area contributed by atoms with Crippen molar-refractivity contribution in [2.45, 2.75) is 26.1 Å². The Bertz CT molecular complexity index is 389. The summed E-state index contributed by atoms with van der Waals surface area (Å²) < 4.78 is 15.0. The predicted octanol–water partition coefficient (Wildman–Crippen LogP) is -0.0366. The molecule has 0 radical (unpaired) electrons. The van der Waals surface area contributed by atoms with E-state index in [-0.39, 0.29) is 31.0 Å². The number of carbonyl (C=O) groups is 2. The minimum absolute atomic E-state index is 0.0977. The molecule has 7 heteroatoms. The Morgan fingerprint density at radius 3 is 2.10 bits per heavy atom. The van der Waals surface area contributed by atoms with Crippen LogP contribution in [0, 0.1) is 0 Å². The molecule has 0 aliphatic heterocycles. The summed E-state index contributed by atoms with van der Waals surface area (Å²) in [6.45, 7) is 8.96. The molecule has 0 saturated carbocycles. The van der Waals surface area contributed by atoms with Gasteiger partial charge in [0.15, 0.2) is 6.10 Å². The van der Waals surface area contributed by atoms with Crippen LogP contribution in [-0.2, 0) is 23.8 Å². The quantitative estimate of drug-likeness (QED) is 0.431. The number of hydrogen-bond acceptors (Lipinski definition) is 7. The first-order valence-electron chi connectivity index (χ1n) is 6.33. The van der Waals surface area contributed by atoms with Gasteiger partial charge >= 0.3 is 11.9 Å². The van der Waals surface area contributed by atoms with Gasteiger partial charge in [0.2, 0.25) is 0 Å². The molecule has 0 aromatic rings. The number of aliphatic hydroxyl groups excluding tert-OH is 2. The molecule has 2 N–H and O–H groups in total. The van der Waals surface area contributed by atoms with Gasteiger partial charge in [0.25, 0.3) is 0 Å². The molecule has 0 rings (SSSR count). The van der Waals surface area contributed by atoms with Crippen LogP contribution in [0.4, 0.5) is 0 Å². The first-order valence-corrected chi connectivity index (χ1v) is 6.33. The topological polar surface area (TPSA) is 102 Å². The van der Waals surface area contributed by atoms with Crippen LogP contribution in [0.2, 0.25) is 0 Å². The maximum Gasteiger partial charge on any atom is 0.333 e. The van der Waals surface area contributed by atoms with Crippen molar-refractivity contribution in [2.75, 3.05) is 26.4 Å². The smallest absolute Gasteiger partial charge is 0.333 e. The molecular weight excluding hydrogens is 280 g/mol. The zero-order valence-electron chi connectivity index (χ0n) is 12.3. The third kappa shape index (κ3) is 8.96. The van der Waals surface area contributed by atoms with E-state index in [2.05, 4.69) is 13.2 Å². The summed E-state index contributed by atoms with van der Waals surface area (Å²) in [5, 5.41) is 17.8. The molecule has 2 atom stereocenters. The van der Waals surface area contributed by atoms with Gasteiger partial charge in [-0.3, -0.25) is 0 Å². The maximum atomic E-state index is 11.5. The van der Waals surface area contributed by atoms with Crippen LogP contribution in [0.15, 0.2) is 24.3 Å². The van der Waals surface area contributed by atoms with Gasteiger partial charge in [0, 0.05) is 11.1 Å². The monoisotopic (exact) mass is 302 g/mol. The lowest BCUT2D eigenvalue weighted by atomic mass is 10.3. The molecule has 0 aliphatic rings. The van der Waals surface area contributed by atoms with Crippen LogP contribution in [0.25, 0.3) is 0 Å². The van der Waals surface area contributed by atoms with Crippen molar-refractivity contribution in [1.82, 2.24) is 0 Å². The van der Waals surface area contributed by atoms with Gasteiger partial charge in [-0.05, 0) is 13.8 Å². The molecule has 0 aliphatic carbocycles. The summed E-state index contributed by atoms with van der Waals surface area (Å²) in [5.41, 5.74) is 0.415. The first-order chi connectivity index (χ1) is 9.77. The number of carbonyl (C=O) groups excluding carboxylic acids is 2. The molecule has 21 heavy (non-hydrogen) atoms. The van der Waals surface area contributed by atoms with Gasteiger partial charge < -0.3 is 24.4 Å². The van der Waals surface area contributed by atoms with E-state index in [4.69, 9.17) is 24.4 Å². The summed E-state index contributed by atoms with van der Waals surface area (Å²) in [5.74, 6) is -1.25. The van der Waals surface area contributed by atoms with Crippen LogP contribution in [0.5, 0.6) is 0 Å². The minimum Gasteiger partial charge on any atom is -0.458 e. The van der Waals surface area contributed by atoms with E-state index in [9.17, 15) is 9.59 Å². The highest BCUT2D eigenvalue weighted by Gasteiger charge is 2.18. The second-order valence-corrected chi connectivity index (χ2v) is 4.56. The lowest BCUT2D eigenvalue weighted by Crippen LogP contribution is -2.32. The maximum absolute atomic E-state index is 11.5. The standard InChI is InChI=1S/C14H22O7/c1-9(2)13(17)20-8-12(21-14(18)10(3)4)7-19-6-11(16)5-15/h11-12,15-16H,1,3,5-8H2,2,4H3. The van der Waals surface area contributed by atoms with Crippen molar-refractivity contribution >= 4 is 11.9 Å². The average molecular weight is 302 g/mol. The second-order valence-electron chi connectivity index (χ2n) is 4.56. The molecule has 0 fully saturated rings. The molecule has 0 amide bonds. The van der Waals surface area contributed by atoms with Gasteiger partial charge in [-0.15, -0.1) is 0 Å². The molecular formula is C14H22O7. The lowest BCUT2D eigenvalue weighted by Gasteiger charge is -2.19. The van der Waals surface area contributed by atoms with Crippen molar-refractivity contribution in [2.24, 2.45) is 0 Å². The van der Waals surface area contributed by atoms with Gasteiger partial charge in [-0.2, -0.15) is 0 Å².